The highest BCUT2D eigenvalue weighted by atomic mass is 19.3. The van der Waals surface area contributed by atoms with Gasteiger partial charge in [-0.1, -0.05) is 12.1 Å². The molecule has 0 saturated carbocycles. The van der Waals surface area contributed by atoms with E-state index in [2.05, 4.69) is 15.2 Å². The quantitative estimate of drug-likeness (QED) is 0.864. The van der Waals surface area contributed by atoms with Crippen molar-refractivity contribution in [3.8, 4) is 5.75 Å². The molecule has 2 rings (SSSR count). The molecule has 1 amide bonds. The van der Waals surface area contributed by atoms with Crippen LogP contribution in [-0.2, 0) is 11.8 Å². The number of alkyl halides is 2. The molecular weight excluding hydrogens is 292 g/mol. The fourth-order valence-electron chi connectivity index (χ4n) is 1.83. The van der Waals surface area contributed by atoms with E-state index < -0.39 is 6.61 Å². The molecule has 22 heavy (non-hydrogen) atoms. The van der Waals surface area contributed by atoms with Gasteiger partial charge in [0, 0.05) is 19.3 Å². The van der Waals surface area contributed by atoms with E-state index in [1.807, 2.05) is 0 Å². The van der Waals surface area contributed by atoms with Gasteiger partial charge in [0.15, 0.2) is 0 Å². The van der Waals surface area contributed by atoms with Gasteiger partial charge in [-0.3, -0.25) is 9.48 Å². The Hall–Kier alpha value is -2.70. The van der Waals surface area contributed by atoms with Crippen molar-refractivity contribution in [2.75, 3.05) is 5.32 Å². The zero-order valence-corrected chi connectivity index (χ0v) is 12.1. The summed E-state index contributed by atoms with van der Waals surface area (Å²) >= 11 is 0. The van der Waals surface area contributed by atoms with Crippen molar-refractivity contribution in [3.63, 3.8) is 0 Å². The number of benzene rings is 1. The molecule has 116 valence electrons. The van der Waals surface area contributed by atoms with E-state index in [0.29, 0.717) is 11.3 Å². The summed E-state index contributed by atoms with van der Waals surface area (Å²) in [5.74, 6) is -0.230. The van der Waals surface area contributed by atoms with Crippen LogP contribution in [0.4, 0.5) is 14.5 Å². The minimum atomic E-state index is -2.85. The molecule has 0 spiro atoms. The van der Waals surface area contributed by atoms with E-state index in [9.17, 15) is 13.6 Å². The molecule has 0 saturated heterocycles. The summed E-state index contributed by atoms with van der Waals surface area (Å²) in [6.45, 7) is -1.06. The highest BCUT2D eigenvalue weighted by Gasteiger charge is 2.05. The van der Waals surface area contributed by atoms with Gasteiger partial charge in [0.2, 0.25) is 5.91 Å². The Kier molecular flexibility index (Phi) is 4.88. The fourth-order valence-corrected chi connectivity index (χ4v) is 1.83. The Morgan fingerprint density at radius 3 is 2.59 bits per heavy atom. The zero-order chi connectivity index (χ0) is 16.1. The molecular formula is C15H15F2N3O2. The molecule has 0 aliphatic rings. The van der Waals surface area contributed by atoms with Crippen molar-refractivity contribution in [1.29, 1.82) is 0 Å². The SMILES string of the molecule is Cc1nn(C)cc1NC(=O)/C=C\c1ccc(OC(F)F)cc1. The van der Waals surface area contributed by atoms with E-state index >= 15 is 0 Å². The van der Waals surface area contributed by atoms with Crippen LogP contribution in [0.25, 0.3) is 6.08 Å². The molecule has 0 atom stereocenters. The first-order chi connectivity index (χ1) is 10.4. The average Bonchev–Trinajstić information content (AvgIpc) is 2.75. The number of amides is 1. The maximum atomic E-state index is 12.0. The predicted molar refractivity (Wildman–Crippen MR) is 78.7 cm³/mol. The molecule has 1 heterocycles. The average molecular weight is 307 g/mol. The van der Waals surface area contributed by atoms with Crippen LogP contribution in [-0.4, -0.2) is 22.3 Å². The number of hydrogen-bond acceptors (Lipinski definition) is 3. The van der Waals surface area contributed by atoms with Gasteiger partial charge in [-0.15, -0.1) is 0 Å². The third kappa shape index (κ3) is 4.41. The highest BCUT2D eigenvalue weighted by Crippen LogP contribution is 2.16. The van der Waals surface area contributed by atoms with Crippen molar-refractivity contribution >= 4 is 17.7 Å². The van der Waals surface area contributed by atoms with E-state index in [4.69, 9.17) is 0 Å². The topological polar surface area (TPSA) is 56.2 Å². The van der Waals surface area contributed by atoms with E-state index in [1.165, 1.54) is 18.2 Å². The number of hydrogen-bond donors (Lipinski definition) is 1. The molecule has 0 bridgehead atoms. The standard InChI is InChI=1S/C15H15F2N3O2/c1-10-13(9-20(2)19-10)18-14(21)8-5-11-3-6-12(7-4-11)22-15(16)17/h3-9,15H,1-2H3,(H,18,21)/b8-5-. The van der Waals surface area contributed by atoms with Gasteiger partial charge >= 0.3 is 6.61 Å². The summed E-state index contributed by atoms with van der Waals surface area (Å²) in [5, 5.41) is 6.82. The molecule has 2 aromatic rings. The van der Waals surface area contributed by atoms with Crippen molar-refractivity contribution in [1.82, 2.24) is 9.78 Å². The van der Waals surface area contributed by atoms with Crippen LogP contribution in [0.2, 0.25) is 0 Å². The lowest BCUT2D eigenvalue weighted by Crippen LogP contribution is -2.07. The number of carbonyl (C=O) groups excluding carboxylic acids is 1. The second-order valence-corrected chi connectivity index (χ2v) is 4.57. The van der Waals surface area contributed by atoms with Gasteiger partial charge in [0.1, 0.15) is 5.75 Å². The lowest BCUT2D eigenvalue weighted by Gasteiger charge is -2.03. The Balaban J connectivity index is 1.96. The molecule has 5 nitrogen and oxygen atoms in total. The first-order valence-corrected chi connectivity index (χ1v) is 6.48. The van der Waals surface area contributed by atoms with Crippen molar-refractivity contribution in [3.05, 3.63) is 47.8 Å². The van der Waals surface area contributed by atoms with Crippen LogP contribution in [0.15, 0.2) is 36.5 Å². The number of rotatable bonds is 5. The lowest BCUT2D eigenvalue weighted by atomic mass is 10.2. The van der Waals surface area contributed by atoms with Crippen LogP contribution in [0.5, 0.6) is 5.75 Å². The van der Waals surface area contributed by atoms with Crippen molar-refractivity contribution < 1.29 is 18.3 Å². The number of anilines is 1. The van der Waals surface area contributed by atoms with Gasteiger partial charge in [0.05, 0.1) is 11.4 Å². The molecule has 0 unspecified atom stereocenters. The number of nitrogens with zero attached hydrogens (tertiary/aromatic N) is 2. The Morgan fingerprint density at radius 2 is 2.05 bits per heavy atom. The summed E-state index contributed by atoms with van der Waals surface area (Å²) < 4.78 is 29.9. The largest absolute Gasteiger partial charge is 0.435 e. The maximum Gasteiger partial charge on any atom is 0.387 e. The zero-order valence-electron chi connectivity index (χ0n) is 12.1. The molecule has 0 aliphatic carbocycles. The first-order valence-electron chi connectivity index (χ1n) is 6.48. The number of aryl methyl sites for hydroxylation is 2. The second kappa shape index (κ2) is 6.84. The third-order valence-electron chi connectivity index (χ3n) is 2.80. The van der Waals surface area contributed by atoms with Crippen LogP contribution >= 0.6 is 0 Å². The molecule has 1 aromatic carbocycles. The Morgan fingerprint density at radius 1 is 1.36 bits per heavy atom. The van der Waals surface area contributed by atoms with Crippen molar-refractivity contribution in [2.24, 2.45) is 7.05 Å². The molecule has 1 aromatic heterocycles. The van der Waals surface area contributed by atoms with Crippen molar-refractivity contribution in [2.45, 2.75) is 13.5 Å². The molecule has 0 fully saturated rings. The van der Waals surface area contributed by atoms with Gasteiger partial charge in [-0.05, 0) is 30.7 Å². The van der Waals surface area contributed by atoms with E-state index in [0.717, 1.165) is 5.69 Å². The van der Waals surface area contributed by atoms with Crippen LogP contribution < -0.4 is 10.1 Å². The second-order valence-electron chi connectivity index (χ2n) is 4.57. The van der Waals surface area contributed by atoms with Crippen LogP contribution in [0.3, 0.4) is 0 Å². The molecule has 0 aliphatic heterocycles. The highest BCUT2D eigenvalue weighted by molar-refractivity contribution is 6.02. The Labute approximate surface area is 126 Å². The number of nitrogens with one attached hydrogen (secondary N) is 1. The normalized spacial score (nSPS) is 11.1. The smallest absolute Gasteiger partial charge is 0.387 e. The fraction of sp³-hybridized carbons (Fsp3) is 0.200. The Bertz CT molecular complexity index is 679. The maximum absolute atomic E-state index is 12.0. The lowest BCUT2D eigenvalue weighted by molar-refractivity contribution is -0.111. The summed E-state index contributed by atoms with van der Waals surface area (Å²) in [5.41, 5.74) is 2.05. The summed E-state index contributed by atoms with van der Waals surface area (Å²) in [7, 11) is 1.77. The van der Waals surface area contributed by atoms with E-state index in [-0.39, 0.29) is 11.7 Å². The number of halogens is 2. The first kappa shape index (κ1) is 15.7. The predicted octanol–water partition coefficient (Wildman–Crippen LogP) is 2.98. The molecule has 7 heteroatoms. The number of aromatic nitrogens is 2. The van der Waals surface area contributed by atoms with Crippen LogP contribution in [0.1, 0.15) is 11.3 Å². The minimum absolute atomic E-state index is 0.0718. The monoisotopic (exact) mass is 307 g/mol. The minimum Gasteiger partial charge on any atom is -0.435 e. The van der Waals surface area contributed by atoms with Crippen LogP contribution in [0, 0.1) is 6.92 Å². The van der Waals surface area contributed by atoms with Gasteiger partial charge in [-0.2, -0.15) is 13.9 Å². The third-order valence-corrected chi connectivity index (χ3v) is 2.80. The van der Waals surface area contributed by atoms with E-state index in [1.54, 1.807) is 43.1 Å². The van der Waals surface area contributed by atoms with Gasteiger partial charge in [-0.25, -0.2) is 0 Å². The molecule has 1 N–H and O–H groups in total. The van der Waals surface area contributed by atoms with Gasteiger partial charge in [0.25, 0.3) is 0 Å². The summed E-state index contributed by atoms with van der Waals surface area (Å²) in [6, 6.07) is 5.98. The van der Waals surface area contributed by atoms with Gasteiger partial charge < -0.3 is 10.1 Å². The summed E-state index contributed by atoms with van der Waals surface area (Å²) in [4.78, 5) is 11.8. The number of carbonyl (C=O) groups is 1. The summed E-state index contributed by atoms with van der Waals surface area (Å²) in [6.07, 6.45) is 4.64. The molecule has 0 radical (unpaired) electrons. The number of ether oxygens (including phenoxy) is 1.